The zero-order valence-corrected chi connectivity index (χ0v) is 20.3. The standard InChI is InChI=1S/C22H25F4N5O3S/c1-12-17(28-8-16(29-12)34-11-22(24,25)26)18(32)30-13-5-6-15(23)14(7-13)21(3)9-20(2,10-33-4)35-19(27)31-21/h5-8H,9-11H2,1-4H3,(H2,27,31)(H,30,32)/t20-,21+/m1/s1. The molecule has 0 radical (unpaired) electrons. The Bertz CT molecular complexity index is 1150. The molecule has 1 aromatic carbocycles. The molecule has 0 aliphatic carbocycles. The highest BCUT2D eigenvalue weighted by molar-refractivity contribution is 8.15. The predicted octanol–water partition coefficient (Wildman–Crippen LogP) is 4.19. The lowest BCUT2D eigenvalue weighted by Gasteiger charge is -2.41. The summed E-state index contributed by atoms with van der Waals surface area (Å²) in [5.41, 5.74) is 5.49. The van der Waals surface area contributed by atoms with Gasteiger partial charge in [0.1, 0.15) is 11.5 Å². The summed E-state index contributed by atoms with van der Waals surface area (Å²) in [6.45, 7) is 3.97. The zero-order valence-electron chi connectivity index (χ0n) is 19.5. The maximum absolute atomic E-state index is 14.9. The number of amides is 1. The number of alkyl halides is 3. The molecule has 2 atom stereocenters. The number of aromatic nitrogens is 2. The SMILES string of the molecule is COC[C@@]1(C)C[C@@](C)(c2cc(NC(=O)c3ncc(OCC(F)(F)F)nc3C)ccc2F)N=C(N)S1. The number of nitrogens with two attached hydrogens (primary N) is 1. The summed E-state index contributed by atoms with van der Waals surface area (Å²) in [6, 6.07) is 4.06. The minimum atomic E-state index is -4.53. The van der Waals surface area contributed by atoms with E-state index in [2.05, 4.69) is 25.0 Å². The molecule has 0 saturated heterocycles. The molecule has 0 fully saturated rings. The third kappa shape index (κ3) is 6.60. The Balaban J connectivity index is 1.83. The van der Waals surface area contributed by atoms with E-state index in [-0.39, 0.29) is 28.5 Å². The molecule has 3 rings (SSSR count). The maximum Gasteiger partial charge on any atom is 0.422 e. The zero-order chi connectivity index (χ0) is 26.0. The van der Waals surface area contributed by atoms with Crippen molar-refractivity contribution in [1.82, 2.24) is 9.97 Å². The van der Waals surface area contributed by atoms with Crippen molar-refractivity contribution in [2.24, 2.45) is 10.7 Å². The van der Waals surface area contributed by atoms with Crippen LogP contribution >= 0.6 is 11.8 Å². The first-order chi connectivity index (χ1) is 16.2. The van der Waals surface area contributed by atoms with Crippen LogP contribution in [0, 0.1) is 12.7 Å². The van der Waals surface area contributed by atoms with Gasteiger partial charge in [-0.3, -0.25) is 9.79 Å². The van der Waals surface area contributed by atoms with Gasteiger partial charge in [-0.1, -0.05) is 11.8 Å². The number of anilines is 1. The van der Waals surface area contributed by atoms with Crippen LogP contribution in [0.2, 0.25) is 0 Å². The molecule has 190 valence electrons. The molecule has 2 heterocycles. The van der Waals surface area contributed by atoms with Crippen molar-refractivity contribution < 1.29 is 31.8 Å². The number of ether oxygens (including phenoxy) is 2. The van der Waals surface area contributed by atoms with E-state index in [0.29, 0.717) is 18.2 Å². The van der Waals surface area contributed by atoms with Gasteiger partial charge in [-0.25, -0.2) is 14.4 Å². The van der Waals surface area contributed by atoms with Gasteiger partial charge in [0.2, 0.25) is 5.88 Å². The van der Waals surface area contributed by atoms with Crippen molar-refractivity contribution in [3.05, 3.63) is 47.2 Å². The largest absolute Gasteiger partial charge is 0.467 e. The van der Waals surface area contributed by atoms with E-state index in [0.717, 1.165) is 6.20 Å². The Hall–Kier alpha value is -2.93. The number of rotatable bonds is 7. The summed E-state index contributed by atoms with van der Waals surface area (Å²) >= 11 is 1.36. The van der Waals surface area contributed by atoms with E-state index >= 15 is 0 Å². The van der Waals surface area contributed by atoms with E-state index in [9.17, 15) is 22.4 Å². The van der Waals surface area contributed by atoms with Gasteiger partial charge in [0.05, 0.1) is 24.0 Å². The first-order valence-electron chi connectivity index (χ1n) is 10.4. The van der Waals surface area contributed by atoms with Gasteiger partial charge < -0.3 is 20.5 Å². The number of carbonyl (C=O) groups is 1. The summed E-state index contributed by atoms with van der Waals surface area (Å²) in [6.07, 6.45) is -3.18. The molecule has 1 amide bonds. The number of nitrogens with zero attached hydrogens (tertiary/aromatic N) is 3. The highest BCUT2D eigenvalue weighted by Gasteiger charge is 2.43. The molecule has 2 aromatic rings. The van der Waals surface area contributed by atoms with Crippen molar-refractivity contribution in [1.29, 1.82) is 0 Å². The molecule has 1 aliphatic rings. The molecular weight excluding hydrogens is 490 g/mol. The van der Waals surface area contributed by atoms with Gasteiger partial charge in [-0.15, -0.1) is 0 Å². The number of methoxy groups -OCH3 is 1. The smallest absolute Gasteiger partial charge is 0.422 e. The summed E-state index contributed by atoms with van der Waals surface area (Å²) in [5.74, 6) is -1.56. The average molecular weight is 516 g/mol. The van der Waals surface area contributed by atoms with Crippen LogP contribution in [0.25, 0.3) is 0 Å². The van der Waals surface area contributed by atoms with Gasteiger partial charge in [-0.05, 0) is 45.4 Å². The molecule has 1 aliphatic heterocycles. The van der Waals surface area contributed by atoms with Gasteiger partial charge in [0, 0.05) is 23.1 Å². The third-order valence-electron chi connectivity index (χ3n) is 5.20. The van der Waals surface area contributed by atoms with Gasteiger partial charge in [0.15, 0.2) is 11.8 Å². The first-order valence-corrected chi connectivity index (χ1v) is 11.2. The van der Waals surface area contributed by atoms with Crippen molar-refractivity contribution in [2.45, 2.75) is 43.7 Å². The summed E-state index contributed by atoms with van der Waals surface area (Å²) < 4.78 is 61.3. The fraction of sp³-hybridized carbons (Fsp3) is 0.455. The fourth-order valence-corrected chi connectivity index (χ4v) is 5.26. The third-order valence-corrected chi connectivity index (χ3v) is 6.26. The Morgan fingerprint density at radius 3 is 2.66 bits per heavy atom. The van der Waals surface area contributed by atoms with Gasteiger partial charge >= 0.3 is 6.18 Å². The number of aryl methyl sites for hydroxylation is 1. The van der Waals surface area contributed by atoms with Crippen LogP contribution in [0.1, 0.15) is 42.0 Å². The Morgan fingerprint density at radius 2 is 2.03 bits per heavy atom. The second-order valence-electron chi connectivity index (χ2n) is 8.58. The number of hydrogen-bond donors (Lipinski definition) is 2. The van der Waals surface area contributed by atoms with E-state index in [1.807, 2.05) is 6.92 Å². The fourth-order valence-electron chi connectivity index (χ4n) is 3.98. The number of carbonyl (C=O) groups excluding carboxylic acids is 1. The van der Waals surface area contributed by atoms with Gasteiger partial charge in [0.25, 0.3) is 5.91 Å². The van der Waals surface area contributed by atoms with Crippen LogP contribution in [-0.2, 0) is 10.3 Å². The number of aliphatic imine (C=N–C) groups is 1. The molecular formula is C22H25F4N5O3S. The highest BCUT2D eigenvalue weighted by Crippen LogP contribution is 2.46. The predicted molar refractivity (Wildman–Crippen MR) is 124 cm³/mol. The van der Waals surface area contributed by atoms with Crippen molar-refractivity contribution in [3.63, 3.8) is 0 Å². The molecule has 0 bridgehead atoms. The number of halogens is 4. The quantitative estimate of drug-likeness (QED) is 0.532. The molecule has 3 N–H and O–H groups in total. The van der Waals surface area contributed by atoms with Crippen LogP contribution in [0.3, 0.4) is 0 Å². The summed E-state index contributed by atoms with van der Waals surface area (Å²) in [7, 11) is 1.57. The molecule has 35 heavy (non-hydrogen) atoms. The van der Waals surface area contributed by atoms with Crippen molar-refractivity contribution in [3.8, 4) is 5.88 Å². The van der Waals surface area contributed by atoms with Crippen LogP contribution in [-0.4, -0.2) is 52.3 Å². The molecule has 0 unspecified atom stereocenters. The normalized spacial score (nSPS) is 22.5. The highest BCUT2D eigenvalue weighted by atomic mass is 32.2. The van der Waals surface area contributed by atoms with E-state index in [4.69, 9.17) is 10.5 Å². The lowest BCUT2D eigenvalue weighted by Crippen LogP contribution is -2.43. The monoisotopic (exact) mass is 515 g/mol. The van der Waals surface area contributed by atoms with E-state index in [1.54, 1.807) is 14.0 Å². The number of thioether (sulfide) groups is 1. The maximum atomic E-state index is 14.9. The van der Waals surface area contributed by atoms with Crippen molar-refractivity contribution >= 4 is 28.5 Å². The second kappa shape index (κ2) is 9.97. The van der Waals surface area contributed by atoms with E-state index < -0.39 is 34.8 Å². The minimum Gasteiger partial charge on any atom is -0.467 e. The number of hydrogen-bond acceptors (Lipinski definition) is 8. The molecule has 1 aromatic heterocycles. The Morgan fingerprint density at radius 1 is 1.31 bits per heavy atom. The van der Waals surface area contributed by atoms with Crippen LogP contribution < -0.4 is 15.8 Å². The Labute approximate surface area is 203 Å². The van der Waals surface area contributed by atoms with Crippen LogP contribution in [0.4, 0.5) is 23.2 Å². The molecule has 8 nitrogen and oxygen atoms in total. The molecule has 13 heteroatoms. The summed E-state index contributed by atoms with van der Waals surface area (Å²) in [4.78, 5) is 25.0. The van der Waals surface area contributed by atoms with Crippen molar-refractivity contribution in [2.75, 3.05) is 25.6 Å². The lowest BCUT2D eigenvalue weighted by atomic mass is 9.83. The summed E-state index contributed by atoms with van der Waals surface area (Å²) in [5, 5.41) is 2.91. The van der Waals surface area contributed by atoms with E-state index in [1.165, 1.54) is 36.9 Å². The molecule has 0 saturated carbocycles. The lowest BCUT2D eigenvalue weighted by molar-refractivity contribution is -0.154. The Kier molecular flexibility index (Phi) is 7.60. The minimum absolute atomic E-state index is 0.0634. The van der Waals surface area contributed by atoms with Crippen LogP contribution in [0.5, 0.6) is 5.88 Å². The average Bonchev–Trinajstić information content (AvgIpc) is 2.72. The van der Waals surface area contributed by atoms with Gasteiger partial charge in [-0.2, -0.15) is 13.2 Å². The number of amidine groups is 1. The second-order valence-corrected chi connectivity index (χ2v) is 10.2. The van der Waals surface area contributed by atoms with Crippen LogP contribution in [0.15, 0.2) is 29.4 Å². The number of nitrogens with one attached hydrogen (secondary N) is 1. The topological polar surface area (TPSA) is 112 Å². The number of benzene rings is 1. The molecule has 0 spiro atoms. The first kappa shape index (κ1) is 26.7.